The maximum atomic E-state index is 13.9. The Hall–Kier alpha value is -2.67. The zero-order valence-corrected chi connectivity index (χ0v) is 15.5. The highest BCUT2D eigenvalue weighted by Gasteiger charge is 2.23. The largest absolute Gasteiger partial charge is 0.385 e. The number of pyridine rings is 1. The van der Waals surface area contributed by atoms with Crippen LogP contribution in [-0.4, -0.2) is 62.2 Å². The third kappa shape index (κ3) is 4.95. The minimum absolute atomic E-state index is 0.0452. The Kier molecular flexibility index (Phi) is 6.59. The van der Waals surface area contributed by atoms with Crippen molar-refractivity contribution in [2.45, 2.75) is 6.42 Å². The molecule has 0 bridgehead atoms. The predicted octanol–water partition coefficient (Wildman–Crippen LogP) is 2.63. The lowest BCUT2D eigenvalue weighted by molar-refractivity contribution is 0.0746. The van der Waals surface area contributed by atoms with Gasteiger partial charge in [0.05, 0.1) is 16.9 Å². The molecule has 27 heavy (non-hydrogen) atoms. The van der Waals surface area contributed by atoms with E-state index >= 15 is 0 Å². The lowest BCUT2D eigenvalue weighted by Gasteiger charge is -2.36. The summed E-state index contributed by atoms with van der Waals surface area (Å²) in [5.41, 5.74) is 1.97. The van der Waals surface area contributed by atoms with Crippen molar-refractivity contribution < 1.29 is 13.9 Å². The number of benzene rings is 1. The normalized spacial score (nSPS) is 14.3. The summed E-state index contributed by atoms with van der Waals surface area (Å²) in [5, 5.41) is 3.25. The van der Waals surface area contributed by atoms with Crippen LogP contribution in [0.1, 0.15) is 16.8 Å². The maximum absolute atomic E-state index is 13.9. The van der Waals surface area contributed by atoms with Gasteiger partial charge in [-0.1, -0.05) is 12.1 Å². The standard InChI is InChI=1S/C20H25FN4O2/c1-27-12-4-7-23-17-13-16(14-22-15-17)20(26)25-10-8-24(9-11-25)19-6-3-2-5-18(19)21/h2-3,5-6,13-15,23H,4,7-12H2,1H3. The molecule has 1 aliphatic rings. The Morgan fingerprint density at radius 2 is 2.00 bits per heavy atom. The fourth-order valence-corrected chi connectivity index (χ4v) is 3.14. The molecule has 0 radical (unpaired) electrons. The molecule has 1 aromatic heterocycles. The Morgan fingerprint density at radius 1 is 1.22 bits per heavy atom. The van der Waals surface area contributed by atoms with Crippen molar-refractivity contribution in [1.29, 1.82) is 0 Å². The molecule has 1 aliphatic heterocycles. The van der Waals surface area contributed by atoms with E-state index in [1.807, 2.05) is 17.0 Å². The summed E-state index contributed by atoms with van der Waals surface area (Å²) >= 11 is 0. The number of ether oxygens (including phenoxy) is 1. The van der Waals surface area contributed by atoms with Crippen molar-refractivity contribution in [1.82, 2.24) is 9.88 Å². The van der Waals surface area contributed by atoms with Gasteiger partial charge in [0.1, 0.15) is 5.82 Å². The van der Waals surface area contributed by atoms with Crippen LogP contribution in [0, 0.1) is 5.82 Å². The molecule has 6 nitrogen and oxygen atoms in total. The second-order valence-corrected chi connectivity index (χ2v) is 6.47. The van der Waals surface area contributed by atoms with E-state index in [4.69, 9.17) is 4.74 Å². The molecule has 0 spiro atoms. The lowest BCUT2D eigenvalue weighted by Crippen LogP contribution is -2.49. The van der Waals surface area contributed by atoms with Crippen LogP contribution in [0.4, 0.5) is 15.8 Å². The zero-order chi connectivity index (χ0) is 19.1. The van der Waals surface area contributed by atoms with E-state index in [2.05, 4.69) is 10.3 Å². The van der Waals surface area contributed by atoms with Crippen molar-refractivity contribution in [3.63, 3.8) is 0 Å². The molecule has 0 unspecified atom stereocenters. The van der Waals surface area contributed by atoms with Crippen molar-refractivity contribution in [2.75, 3.05) is 56.7 Å². The molecule has 0 aliphatic carbocycles. The van der Waals surface area contributed by atoms with Crippen LogP contribution in [0.15, 0.2) is 42.7 Å². The van der Waals surface area contributed by atoms with Crippen LogP contribution >= 0.6 is 0 Å². The van der Waals surface area contributed by atoms with Gasteiger partial charge < -0.3 is 19.9 Å². The average molecular weight is 372 g/mol. The average Bonchev–Trinajstić information content (AvgIpc) is 2.71. The molecular weight excluding hydrogens is 347 g/mol. The Balaban J connectivity index is 1.57. The van der Waals surface area contributed by atoms with E-state index in [1.54, 1.807) is 36.5 Å². The monoisotopic (exact) mass is 372 g/mol. The van der Waals surface area contributed by atoms with E-state index in [-0.39, 0.29) is 11.7 Å². The van der Waals surface area contributed by atoms with E-state index in [0.29, 0.717) is 44.0 Å². The third-order valence-electron chi connectivity index (χ3n) is 4.60. The molecule has 0 saturated carbocycles. The summed E-state index contributed by atoms with van der Waals surface area (Å²) in [6, 6.07) is 8.57. The molecule has 2 heterocycles. The highest BCUT2D eigenvalue weighted by atomic mass is 19.1. The summed E-state index contributed by atoms with van der Waals surface area (Å²) in [4.78, 5) is 20.7. The Labute approximate surface area is 158 Å². The van der Waals surface area contributed by atoms with Crippen LogP contribution in [0.5, 0.6) is 0 Å². The van der Waals surface area contributed by atoms with E-state index in [0.717, 1.165) is 18.7 Å². The number of hydrogen-bond acceptors (Lipinski definition) is 5. The van der Waals surface area contributed by atoms with Gasteiger partial charge in [-0.15, -0.1) is 0 Å². The molecule has 1 fully saturated rings. The van der Waals surface area contributed by atoms with Crippen molar-refractivity contribution >= 4 is 17.3 Å². The Bertz CT molecular complexity index is 763. The topological polar surface area (TPSA) is 57.7 Å². The third-order valence-corrected chi connectivity index (χ3v) is 4.60. The van der Waals surface area contributed by atoms with Crippen LogP contribution in [0.2, 0.25) is 0 Å². The lowest BCUT2D eigenvalue weighted by atomic mass is 10.2. The first-order valence-corrected chi connectivity index (χ1v) is 9.15. The van der Waals surface area contributed by atoms with Crippen LogP contribution in [0.25, 0.3) is 0 Å². The van der Waals surface area contributed by atoms with Gasteiger partial charge in [-0.2, -0.15) is 0 Å². The fourth-order valence-electron chi connectivity index (χ4n) is 3.14. The summed E-state index contributed by atoms with van der Waals surface area (Å²) in [5.74, 6) is -0.273. The maximum Gasteiger partial charge on any atom is 0.255 e. The molecule has 1 amide bonds. The summed E-state index contributed by atoms with van der Waals surface area (Å²) < 4.78 is 19.0. The van der Waals surface area contributed by atoms with E-state index < -0.39 is 0 Å². The molecule has 0 atom stereocenters. The van der Waals surface area contributed by atoms with Gasteiger partial charge in [0, 0.05) is 58.8 Å². The molecule has 144 valence electrons. The zero-order valence-electron chi connectivity index (χ0n) is 15.5. The van der Waals surface area contributed by atoms with Crippen LogP contribution in [-0.2, 0) is 4.74 Å². The highest BCUT2D eigenvalue weighted by molar-refractivity contribution is 5.95. The molecule has 1 saturated heterocycles. The number of rotatable bonds is 7. The number of carbonyl (C=O) groups excluding carboxylic acids is 1. The van der Waals surface area contributed by atoms with Crippen molar-refractivity contribution in [2.24, 2.45) is 0 Å². The number of methoxy groups -OCH3 is 1. The van der Waals surface area contributed by atoms with Crippen LogP contribution in [0.3, 0.4) is 0 Å². The number of nitrogens with zero attached hydrogens (tertiary/aromatic N) is 3. The first-order chi connectivity index (χ1) is 13.2. The van der Waals surface area contributed by atoms with Gasteiger partial charge in [-0.25, -0.2) is 4.39 Å². The molecule has 3 rings (SSSR count). The van der Waals surface area contributed by atoms with Gasteiger partial charge >= 0.3 is 0 Å². The molecule has 2 aromatic rings. The van der Waals surface area contributed by atoms with E-state index in [9.17, 15) is 9.18 Å². The van der Waals surface area contributed by atoms with Gasteiger partial charge in [0.25, 0.3) is 5.91 Å². The summed E-state index contributed by atoms with van der Waals surface area (Å²) in [6.07, 6.45) is 4.18. The number of piperazine rings is 1. The number of carbonyl (C=O) groups is 1. The molecule has 1 aromatic carbocycles. The number of halogens is 1. The highest BCUT2D eigenvalue weighted by Crippen LogP contribution is 2.21. The smallest absolute Gasteiger partial charge is 0.255 e. The number of amides is 1. The second-order valence-electron chi connectivity index (χ2n) is 6.47. The molecular formula is C20H25FN4O2. The quantitative estimate of drug-likeness (QED) is 0.757. The fraction of sp³-hybridized carbons (Fsp3) is 0.400. The SMILES string of the molecule is COCCCNc1cncc(C(=O)N2CCN(c3ccccc3F)CC2)c1. The molecule has 7 heteroatoms. The van der Waals surface area contributed by atoms with E-state index in [1.165, 1.54) is 6.07 Å². The number of para-hydroxylation sites is 1. The summed E-state index contributed by atoms with van der Waals surface area (Å²) in [6.45, 7) is 3.77. The number of hydrogen-bond donors (Lipinski definition) is 1. The predicted molar refractivity (Wildman–Crippen MR) is 104 cm³/mol. The van der Waals surface area contributed by atoms with Gasteiger partial charge in [0.15, 0.2) is 0 Å². The van der Waals surface area contributed by atoms with Crippen LogP contribution < -0.4 is 10.2 Å². The molecule has 1 N–H and O–H groups in total. The van der Waals surface area contributed by atoms with Crippen molar-refractivity contribution in [3.8, 4) is 0 Å². The minimum atomic E-state index is -0.228. The number of anilines is 2. The van der Waals surface area contributed by atoms with Gasteiger partial charge in [-0.3, -0.25) is 9.78 Å². The first-order valence-electron chi connectivity index (χ1n) is 9.15. The first kappa shape index (κ1) is 19.1. The Morgan fingerprint density at radius 3 is 2.74 bits per heavy atom. The van der Waals surface area contributed by atoms with Gasteiger partial charge in [0.2, 0.25) is 0 Å². The summed E-state index contributed by atoms with van der Waals surface area (Å²) in [7, 11) is 1.67. The number of nitrogens with one attached hydrogen (secondary N) is 1. The second kappa shape index (κ2) is 9.32. The number of aromatic nitrogens is 1. The van der Waals surface area contributed by atoms with Crippen molar-refractivity contribution in [3.05, 3.63) is 54.1 Å². The van der Waals surface area contributed by atoms with Gasteiger partial charge in [-0.05, 0) is 24.6 Å². The minimum Gasteiger partial charge on any atom is -0.385 e.